The third kappa shape index (κ3) is 11.7. The smallest absolute Gasteiger partial charge is 0.296 e. The lowest BCUT2D eigenvalue weighted by Gasteiger charge is -2.13. The second-order valence-electron chi connectivity index (χ2n) is 9.88. The van der Waals surface area contributed by atoms with Crippen LogP contribution in [0.1, 0.15) is 5.56 Å². The third-order valence-electron chi connectivity index (χ3n) is 6.56. The van der Waals surface area contributed by atoms with E-state index in [9.17, 15) is 42.8 Å². The van der Waals surface area contributed by atoms with Crippen molar-refractivity contribution in [1.82, 2.24) is 0 Å². The minimum atomic E-state index is -5.14. The Morgan fingerprint density at radius 3 is 1.31 bits per heavy atom. The maximum absolute atomic E-state index is 12.7. The van der Waals surface area contributed by atoms with Gasteiger partial charge < -0.3 is 17.2 Å². The van der Waals surface area contributed by atoms with Gasteiger partial charge in [-0.3, -0.25) is 17.5 Å². The molecule has 3 aromatic rings. The first-order valence-corrected chi connectivity index (χ1v) is 21.2. The fraction of sp³-hybridized carbons (Fsp3) is 0.217. The molecule has 31 heteroatoms. The second kappa shape index (κ2) is 18.8. The van der Waals surface area contributed by atoms with Crippen LogP contribution in [0.25, 0.3) is 0 Å². The number of azo groups is 2. The number of anilines is 3. The van der Waals surface area contributed by atoms with Gasteiger partial charge in [-0.25, -0.2) is 27.4 Å². The molecule has 0 saturated heterocycles. The summed E-state index contributed by atoms with van der Waals surface area (Å²) in [6.45, 7) is 0.368. The highest BCUT2D eigenvalue weighted by Gasteiger charge is 2.25. The lowest BCUT2D eigenvalue weighted by Crippen LogP contribution is -2.12. The number of hydrogen-bond donors (Lipinski definition) is 7. The van der Waals surface area contributed by atoms with Gasteiger partial charge in [0.15, 0.2) is 44.3 Å². The molecular weight excluding hydrogens is 855 g/mol. The number of rotatable bonds is 20. The first-order chi connectivity index (χ1) is 25.2. The quantitative estimate of drug-likeness (QED) is 0.0162. The van der Waals surface area contributed by atoms with Gasteiger partial charge in [0.25, 0.3) is 20.2 Å². The van der Waals surface area contributed by atoms with E-state index in [-0.39, 0.29) is 53.0 Å². The molecule has 0 radical (unpaired) electrons. The van der Waals surface area contributed by atoms with Crippen LogP contribution >= 0.6 is 24.6 Å². The van der Waals surface area contributed by atoms with E-state index in [4.69, 9.17) is 36.1 Å². The van der Waals surface area contributed by atoms with Gasteiger partial charge in [0.1, 0.15) is 32.5 Å². The number of nitrogens with zero attached hydrogens (tertiary/aromatic N) is 4. The molecule has 3 rings (SSSR count). The van der Waals surface area contributed by atoms with E-state index in [1.807, 2.05) is 0 Å². The Bertz CT molecular complexity index is 2200. The van der Waals surface area contributed by atoms with E-state index in [2.05, 4.69) is 39.2 Å². The first kappa shape index (κ1) is 44.8. The highest BCUT2D eigenvalue weighted by atomic mass is 32.2. The number of sulfone groups is 2. The lowest BCUT2D eigenvalue weighted by molar-refractivity contribution is -0.434. The average molecular weight is 882 g/mol. The summed E-state index contributed by atoms with van der Waals surface area (Å²) in [7, 11) is -18.7. The summed E-state index contributed by atoms with van der Waals surface area (Å²) in [4.78, 5) is -3.14. The summed E-state index contributed by atoms with van der Waals surface area (Å²) in [5, 5.41) is 37.9. The number of hydrogen-bond acceptors (Lipinski definition) is 25. The molecule has 54 heavy (non-hydrogen) atoms. The Balaban J connectivity index is 2.03. The van der Waals surface area contributed by atoms with Crippen molar-refractivity contribution in [2.24, 2.45) is 20.5 Å². The van der Waals surface area contributed by atoms with Gasteiger partial charge in [-0.05, 0) is 48.9 Å². The summed E-state index contributed by atoms with van der Waals surface area (Å²) >= 11 is 0.214. The van der Waals surface area contributed by atoms with Gasteiger partial charge in [0, 0.05) is 0 Å². The maximum atomic E-state index is 12.7. The largest absolute Gasteiger partial charge is 0.397 e. The predicted octanol–water partition coefficient (Wildman–Crippen LogP) is 3.62. The summed E-state index contributed by atoms with van der Waals surface area (Å²) in [5.41, 5.74) is 15.7. The molecule has 0 aliphatic heterocycles. The topological polar surface area (TPSA) is 400 Å². The SMILES string of the molecule is Cc1c(N)c(N=Nc2ccc(S(=O)(=O)CCOSOOO)cc2S(=O)(=O)O)c(N)c(N=Nc2ccc(S(=O)(=O)CCOSOOO)cc2S(=O)(=O)O)c1N. The van der Waals surface area contributed by atoms with Gasteiger partial charge in [-0.2, -0.15) is 16.8 Å². The summed E-state index contributed by atoms with van der Waals surface area (Å²) < 4.78 is 137. The Labute approximate surface area is 314 Å². The molecule has 10 N–H and O–H groups in total. The molecule has 0 atom stereocenters. The van der Waals surface area contributed by atoms with Crippen LogP contribution < -0.4 is 17.2 Å². The van der Waals surface area contributed by atoms with Gasteiger partial charge >= 0.3 is 0 Å². The normalized spacial score (nSPS) is 13.0. The van der Waals surface area contributed by atoms with Gasteiger partial charge in [-0.1, -0.05) is 10.1 Å². The molecule has 298 valence electrons. The fourth-order valence-corrected chi connectivity index (χ4v) is 8.25. The zero-order valence-electron chi connectivity index (χ0n) is 26.8. The van der Waals surface area contributed by atoms with Crippen molar-refractivity contribution < 1.29 is 80.4 Å². The van der Waals surface area contributed by atoms with Crippen LogP contribution in [0.2, 0.25) is 0 Å². The van der Waals surface area contributed by atoms with Crippen molar-refractivity contribution in [3.05, 3.63) is 42.0 Å². The Hall–Kier alpha value is -3.64. The van der Waals surface area contributed by atoms with Crippen molar-refractivity contribution >= 4 is 104 Å². The van der Waals surface area contributed by atoms with Crippen LogP contribution in [0.3, 0.4) is 0 Å². The number of nitrogen functional groups attached to an aromatic ring is 3. The molecule has 0 spiro atoms. The molecule has 0 aromatic heterocycles. The van der Waals surface area contributed by atoms with Crippen LogP contribution in [0.5, 0.6) is 0 Å². The monoisotopic (exact) mass is 881 g/mol. The molecule has 0 fully saturated rings. The minimum Gasteiger partial charge on any atom is -0.397 e. The molecule has 25 nitrogen and oxygen atoms in total. The molecule has 3 aromatic carbocycles. The molecular formula is C23H27N7O18S6. The minimum absolute atomic E-state index is 0.0765. The first-order valence-electron chi connectivity index (χ1n) is 13.7. The summed E-state index contributed by atoms with van der Waals surface area (Å²) in [5.74, 6) is -1.42. The van der Waals surface area contributed by atoms with E-state index < -0.39 is 101 Å². The maximum Gasteiger partial charge on any atom is 0.296 e. The van der Waals surface area contributed by atoms with Crippen molar-refractivity contribution in [2.45, 2.75) is 26.5 Å². The van der Waals surface area contributed by atoms with Crippen molar-refractivity contribution in [3.8, 4) is 0 Å². The van der Waals surface area contributed by atoms with Gasteiger partial charge in [0.2, 0.25) is 0 Å². The highest BCUT2D eigenvalue weighted by molar-refractivity contribution is 7.92. The molecule has 0 amide bonds. The van der Waals surface area contributed by atoms with E-state index in [0.717, 1.165) is 24.3 Å². The molecule has 0 heterocycles. The zero-order chi connectivity index (χ0) is 40.5. The molecule has 0 unspecified atom stereocenters. The van der Waals surface area contributed by atoms with Crippen molar-refractivity contribution in [3.63, 3.8) is 0 Å². The van der Waals surface area contributed by atoms with Crippen LogP contribution in [0.4, 0.5) is 39.8 Å². The van der Waals surface area contributed by atoms with Crippen LogP contribution in [0, 0.1) is 6.92 Å². The molecule has 0 aliphatic rings. The van der Waals surface area contributed by atoms with Crippen LogP contribution in [-0.2, 0) is 67.0 Å². The van der Waals surface area contributed by atoms with E-state index in [1.165, 1.54) is 6.92 Å². The zero-order valence-corrected chi connectivity index (χ0v) is 31.7. The summed E-state index contributed by atoms with van der Waals surface area (Å²) in [6.07, 6.45) is 0. The highest BCUT2D eigenvalue weighted by Crippen LogP contribution is 2.46. The Morgan fingerprint density at radius 1 is 0.611 bits per heavy atom. The van der Waals surface area contributed by atoms with Gasteiger partial charge in [0.05, 0.1) is 51.6 Å². The second-order valence-corrected chi connectivity index (χ2v) is 17.9. The predicted molar refractivity (Wildman–Crippen MR) is 186 cm³/mol. The van der Waals surface area contributed by atoms with E-state index in [0.29, 0.717) is 12.1 Å². The Morgan fingerprint density at radius 2 is 0.981 bits per heavy atom. The molecule has 0 saturated carbocycles. The fourth-order valence-electron chi connectivity index (χ4n) is 3.94. The van der Waals surface area contributed by atoms with Crippen LogP contribution in [-0.4, -0.2) is 78.0 Å². The molecule has 0 aliphatic carbocycles. The van der Waals surface area contributed by atoms with Gasteiger partial charge in [-0.15, -0.1) is 29.1 Å². The van der Waals surface area contributed by atoms with Crippen molar-refractivity contribution in [1.29, 1.82) is 0 Å². The standard InChI is InChI=1S/C23H27N7O18S6/c1-12-19(24)22(29-27-15-4-2-13(10-17(15)53(37,38)39)51(33,34)8-6-43-49-47-45-31)21(26)23(20(12)25)30-28-16-5-3-14(11-18(16)54(40,41)42)52(35,36)9-7-44-50-48-46-32/h2-5,10-11,31-32H,6-9,24-26H2,1H3,(H,37,38,39)(H,40,41,42). The third-order valence-corrected chi connectivity index (χ3v) is 12.4. The van der Waals surface area contributed by atoms with E-state index >= 15 is 0 Å². The Kier molecular flexibility index (Phi) is 15.6. The average Bonchev–Trinajstić information content (AvgIpc) is 3.09. The number of nitrogens with two attached hydrogens (primary N) is 3. The lowest BCUT2D eigenvalue weighted by atomic mass is 10.1. The van der Waals surface area contributed by atoms with E-state index in [1.54, 1.807) is 0 Å². The molecule has 0 bridgehead atoms. The van der Waals surface area contributed by atoms with Crippen molar-refractivity contribution in [2.75, 3.05) is 41.9 Å². The summed E-state index contributed by atoms with van der Waals surface area (Å²) in [6, 6.07) is 4.86. The number of benzene rings is 3. The van der Waals surface area contributed by atoms with Crippen LogP contribution in [0.15, 0.2) is 76.4 Å².